The summed E-state index contributed by atoms with van der Waals surface area (Å²) in [5.41, 5.74) is -0.741. The molecule has 1 heterocycles. The van der Waals surface area contributed by atoms with Gasteiger partial charge in [-0.2, -0.15) is 0 Å². The first-order valence-electron chi connectivity index (χ1n) is 6.33. The van der Waals surface area contributed by atoms with Crippen molar-refractivity contribution < 1.29 is 13.6 Å². The van der Waals surface area contributed by atoms with E-state index in [1.165, 1.54) is 0 Å². The Morgan fingerprint density at radius 3 is 2.53 bits per heavy atom. The SMILES string of the molecule is CN(C(=O)[C@@H]1CCCN1)C1CC2(C1)CC2(F)F. The van der Waals surface area contributed by atoms with Crippen molar-refractivity contribution >= 4 is 5.91 Å². The predicted molar refractivity (Wildman–Crippen MR) is 58.8 cm³/mol. The minimum absolute atomic E-state index is 0.0262. The number of rotatable bonds is 2. The number of alkyl halides is 2. The standard InChI is InChI=1S/C12H18F2N2O/c1-16(10(17)9-3-2-4-15-9)8-5-11(6-8)7-12(11,13)14/h8-9,15H,2-7H2,1H3/t8?,9-,11?/m0/s1. The molecule has 1 N–H and O–H groups in total. The summed E-state index contributed by atoms with van der Waals surface area (Å²) in [4.78, 5) is 13.7. The molecule has 0 unspecified atom stereocenters. The first-order chi connectivity index (χ1) is 7.95. The predicted octanol–water partition coefficient (Wildman–Crippen LogP) is 1.38. The molecule has 3 nitrogen and oxygen atoms in total. The monoisotopic (exact) mass is 244 g/mol. The molecule has 2 saturated carbocycles. The molecular formula is C12H18F2N2O. The highest BCUT2D eigenvalue weighted by Gasteiger charge is 2.76. The molecule has 1 amide bonds. The van der Waals surface area contributed by atoms with E-state index in [0.717, 1.165) is 19.4 Å². The highest BCUT2D eigenvalue weighted by Crippen LogP contribution is 2.71. The van der Waals surface area contributed by atoms with Gasteiger partial charge in [0.1, 0.15) is 0 Å². The summed E-state index contributed by atoms with van der Waals surface area (Å²) in [6.45, 7) is 0.886. The van der Waals surface area contributed by atoms with E-state index in [9.17, 15) is 13.6 Å². The Morgan fingerprint density at radius 1 is 1.41 bits per heavy atom. The number of likely N-dealkylation sites (N-methyl/N-ethyl adjacent to an activating group) is 1. The van der Waals surface area contributed by atoms with Gasteiger partial charge in [0.2, 0.25) is 5.91 Å². The van der Waals surface area contributed by atoms with Crippen LogP contribution in [0.5, 0.6) is 0 Å². The van der Waals surface area contributed by atoms with Gasteiger partial charge in [0.05, 0.1) is 6.04 Å². The van der Waals surface area contributed by atoms with Crippen molar-refractivity contribution in [2.45, 2.75) is 50.1 Å². The maximum Gasteiger partial charge on any atom is 0.254 e. The number of nitrogens with one attached hydrogen (secondary N) is 1. The third-order valence-electron chi connectivity index (χ3n) is 4.72. The molecule has 17 heavy (non-hydrogen) atoms. The molecule has 1 spiro atoms. The molecule has 3 rings (SSSR count). The summed E-state index contributed by atoms with van der Waals surface area (Å²) in [5.74, 6) is -2.38. The van der Waals surface area contributed by atoms with E-state index < -0.39 is 11.3 Å². The van der Waals surface area contributed by atoms with Crippen LogP contribution in [0.3, 0.4) is 0 Å². The zero-order chi connectivity index (χ0) is 12.3. The lowest BCUT2D eigenvalue weighted by Crippen LogP contribution is -2.52. The number of hydrogen-bond acceptors (Lipinski definition) is 2. The van der Waals surface area contributed by atoms with Gasteiger partial charge in [-0.3, -0.25) is 4.79 Å². The maximum atomic E-state index is 13.1. The third-order valence-corrected chi connectivity index (χ3v) is 4.72. The van der Waals surface area contributed by atoms with Gasteiger partial charge in [-0.15, -0.1) is 0 Å². The van der Waals surface area contributed by atoms with Crippen molar-refractivity contribution in [2.24, 2.45) is 5.41 Å². The highest BCUT2D eigenvalue weighted by molar-refractivity contribution is 5.82. The van der Waals surface area contributed by atoms with Gasteiger partial charge in [-0.1, -0.05) is 0 Å². The van der Waals surface area contributed by atoms with Crippen LogP contribution in [0.25, 0.3) is 0 Å². The van der Waals surface area contributed by atoms with Crippen LogP contribution in [0.2, 0.25) is 0 Å². The Hall–Kier alpha value is -0.710. The van der Waals surface area contributed by atoms with Crippen LogP contribution < -0.4 is 5.32 Å². The quantitative estimate of drug-likeness (QED) is 0.796. The number of nitrogens with zero attached hydrogens (tertiary/aromatic N) is 1. The van der Waals surface area contributed by atoms with E-state index in [1.54, 1.807) is 11.9 Å². The topological polar surface area (TPSA) is 32.3 Å². The summed E-state index contributed by atoms with van der Waals surface area (Å²) in [7, 11) is 1.75. The van der Waals surface area contributed by atoms with Crippen LogP contribution >= 0.6 is 0 Å². The van der Waals surface area contributed by atoms with Crippen LogP contribution in [0.4, 0.5) is 8.78 Å². The van der Waals surface area contributed by atoms with Crippen LogP contribution in [-0.4, -0.2) is 42.4 Å². The van der Waals surface area contributed by atoms with Gasteiger partial charge in [0.15, 0.2) is 0 Å². The molecule has 0 aromatic rings. The van der Waals surface area contributed by atoms with Gasteiger partial charge in [-0.05, 0) is 32.2 Å². The summed E-state index contributed by atoms with van der Waals surface area (Å²) in [6, 6.07) is -0.0606. The van der Waals surface area contributed by atoms with Gasteiger partial charge < -0.3 is 10.2 Å². The van der Waals surface area contributed by atoms with Gasteiger partial charge in [-0.25, -0.2) is 8.78 Å². The molecular weight excluding hydrogens is 226 g/mol. The molecule has 0 radical (unpaired) electrons. The first kappa shape index (κ1) is 11.4. The molecule has 0 aromatic carbocycles. The second-order valence-electron chi connectivity index (χ2n) is 5.82. The van der Waals surface area contributed by atoms with Crippen LogP contribution in [0.15, 0.2) is 0 Å². The van der Waals surface area contributed by atoms with Crippen molar-refractivity contribution in [3.8, 4) is 0 Å². The molecule has 1 atom stereocenters. The third kappa shape index (κ3) is 1.58. The van der Waals surface area contributed by atoms with Crippen molar-refractivity contribution in [1.82, 2.24) is 10.2 Å². The van der Waals surface area contributed by atoms with Crippen LogP contribution in [0.1, 0.15) is 32.1 Å². The van der Waals surface area contributed by atoms with Gasteiger partial charge >= 0.3 is 0 Å². The summed E-state index contributed by atoms with van der Waals surface area (Å²) < 4.78 is 26.1. The van der Waals surface area contributed by atoms with E-state index in [4.69, 9.17) is 0 Å². The molecule has 1 saturated heterocycles. The van der Waals surface area contributed by atoms with Gasteiger partial charge in [0.25, 0.3) is 5.92 Å². The Morgan fingerprint density at radius 2 is 2.06 bits per heavy atom. The lowest BCUT2D eigenvalue weighted by molar-refractivity contribution is -0.138. The van der Waals surface area contributed by atoms with Crippen molar-refractivity contribution in [1.29, 1.82) is 0 Å². The molecule has 2 aliphatic carbocycles. The molecule has 0 bridgehead atoms. The summed E-state index contributed by atoms with van der Waals surface area (Å²) in [6.07, 6.45) is 2.89. The normalized spacial score (nSPS) is 42.3. The fourth-order valence-electron chi connectivity index (χ4n) is 3.26. The molecule has 5 heteroatoms. The zero-order valence-electron chi connectivity index (χ0n) is 10.0. The first-order valence-corrected chi connectivity index (χ1v) is 6.33. The Kier molecular flexibility index (Phi) is 2.28. The van der Waals surface area contributed by atoms with E-state index >= 15 is 0 Å². The van der Waals surface area contributed by atoms with E-state index in [-0.39, 0.29) is 24.4 Å². The Bertz CT molecular complexity index is 346. The Balaban J connectivity index is 1.55. The molecule has 1 aliphatic heterocycles. The van der Waals surface area contributed by atoms with Crippen molar-refractivity contribution in [3.63, 3.8) is 0 Å². The van der Waals surface area contributed by atoms with Crippen molar-refractivity contribution in [2.75, 3.05) is 13.6 Å². The van der Waals surface area contributed by atoms with Crippen LogP contribution in [-0.2, 0) is 4.79 Å². The largest absolute Gasteiger partial charge is 0.341 e. The number of hydrogen-bond donors (Lipinski definition) is 1. The number of carbonyl (C=O) groups is 1. The number of halogens is 2. The van der Waals surface area contributed by atoms with E-state index in [1.807, 2.05) is 0 Å². The average molecular weight is 244 g/mol. The highest BCUT2D eigenvalue weighted by atomic mass is 19.3. The second kappa shape index (κ2) is 3.40. The molecule has 0 aromatic heterocycles. The van der Waals surface area contributed by atoms with E-state index in [2.05, 4.69) is 5.32 Å². The number of carbonyl (C=O) groups excluding carboxylic acids is 1. The zero-order valence-corrected chi connectivity index (χ0v) is 10.0. The maximum absolute atomic E-state index is 13.1. The summed E-state index contributed by atoms with van der Waals surface area (Å²) in [5, 5.41) is 3.15. The fourth-order valence-corrected chi connectivity index (χ4v) is 3.26. The minimum atomic E-state index is -2.46. The minimum Gasteiger partial charge on any atom is -0.341 e. The Labute approximate surface area is 99.5 Å². The fraction of sp³-hybridized carbons (Fsp3) is 0.917. The van der Waals surface area contributed by atoms with Crippen LogP contribution in [0, 0.1) is 5.41 Å². The molecule has 3 fully saturated rings. The number of amides is 1. The molecule has 96 valence electrons. The summed E-state index contributed by atoms with van der Waals surface area (Å²) >= 11 is 0. The average Bonchev–Trinajstić information content (AvgIpc) is 2.68. The smallest absolute Gasteiger partial charge is 0.254 e. The molecule has 3 aliphatic rings. The lowest BCUT2D eigenvalue weighted by atomic mass is 9.75. The van der Waals surface area contributed by atoms with E-state index in [0.29, 0.717) is 12.8 Å². The van der Waals surface area contributed by atoms with Crippen molar-refractivity contribution in [3.05, 3.63) is 0 Å². The van der Waals surface area contributed by atoms with Gasteiger partial charge in [0, 0.05) is 24.9 Å². The second-order valence-corrected chi connectivity index (χ2v) is 5.82. The lowest BCUT2D eigenvalue weighted by Gasteiger charge is -2.42.